The highest BCUT2D eigenvalue weighted by molar-refractivity contribution is 5.84. The summed E-state index contributed by atoms with van der Waals surface area (Å²) >= 11 is 0. The van der Waals surface area contributed by atoms with Gasteiger partial charge in [0.2, 0.25) is 0 Å². The van der Waals surface area contributed by atoms with E-state index in [2.05, 4.69) is 22.3 Å². The minimum Gasteiger partial charge on any atom is -0.497 e. The zero-order chi connectivity index (χ0) is 22.3. The fourth-order valence-corrected chi connectivity index (χ4v) is 3.77. The van der Waals surface area contributed by atoms with Crippen LogP contribution in [0.15, 0.2) is 48.5 Å². The first-order valence-corrected chi connectivity index (χ1v) is 10.9. The Morgan fingerprint density at radius 3 is 2.00 bits per heavy atom. The lowest BCUT2D eigenvalue weighted by Crippen LogP contribution is -2.48. The molecular formula is C25H34N2O4. The molecular weight excluding hydrogens is 392 g/mol. The third kappa shape index (κ3) is 6.62. The minimum atomic E-state index is -0.941. The topological polar surface area (TPSA) is 60.0 Å². The predicted molar refractivity (Wildman–Crippen MR) is 122 cm³/mol. The molecule has 31 heavy (non-hydrogen) atoms. The van der Waals surface area contributed by atoms with E-state index in [9.17, 15) is 4.79 Å². The predicted octanol–water partition coefficient (Wildman–Crippen LogP) is 3.89. The SMILES string of the molecule is COc1ccc(CN2CCC(CNC(=O)C(C)(C)Oc3ccc(OC)cc3)CC2)cc1. The first-order valence-electron chi connectivity index (χ1n) is 10.9. The van der Waals surface area contributed by atoms with Crippen LogP contribution in [0.25, 0.3) is 0 Å². The summed E-state index contributed by atoms with van der Waals surface area (Å²) < 4.78 is 16.3. The van der Waals surface area contributed by atoms with Gasteiger partial charge in [-0.1, -0.05) is 12.1 Å². The van der Waals surface area contributed by atoms with Gasteiger partial charge in [0, 0.05) is 13.1 Å². The summed E-state index contributed by atoms with van der Waals surface area (Å²) in [6.45, 7) is 7.31. The molecule has 2 aromatic rings. The van der Waals surface area contributed by atoms with E-state index in [0.717, 1.165) is 44.0 Å². The summed E-state index contributed by atoms with van der Waals surface area (Å²) in [5, 5.41) is 3.09. The van der Waals surface area contributed by atoms with E-state index < -0.39 is 5.60 Å². The van der Waals surface area contributed by atoms with Crippen LogP contribution in [0.1, 0.15) is 32.3 Å². The molecule has 6 heteroatoms. The van der Waals surface area contributed by atoms with E-state index in [1.807, 2.05) is 36.4 Å². The van der Waals surface area contributed by atoms with Gasteiger partial charge in [-0.2, -0.15) is 0 Å². The normalized spacial score (nSPS) is 15.4. The summed E-state index contributed by atoms with van der Waals surface area (Å²) in [5.74, 6) is 2.69. The third-order valence-corrected chi connectivity index (χ3v) is 5.80. The molecule has 0 aliphatic carbocycles. The van der Waals surface area contributed by atoms with Crippen LogP contribution in [0.2, 0.25) is 0 Å². The Balaban J connectivity index is 1.40. The molecule has 1 heterocycles. The van der Waals surface area contributed by atoms with Crippen molar-refractivity contribution in [3.63, 3.8) is 0 Å². The fourth-order valence-electron chi connectivity index (χ4n) is 3.77. The highest BCUT2D eigenvalue weighted by atomic mass is 16.5. The van der Waals surface area contributed by atoms with Crippen molar-refractivity contribution in [3.8, 4) is 17.2 Å². The van der Waals surface area contributed by atoms with Crippen molar-refractivity contribution in [2.45, 2.75) is 38.8 Å². The number of methoxy groups -OCH3 is 2. The maximum Gasteiger partial charge on any atom is 0.263 e. The standard InChI is InChI=1S/C25H34N2O4/c1-25(2,31-23-11-9-22(30-4)10-12-23)24(28)26-17-19-13-15-27(16-14-19)18-20-5-7-21(29-3)8-6-20/h5-12,19H,13-18H2,1-4H3,(H,26,28). The van der Waals surface area contributed by atoms with Gasteiger partial charge in [-0.15, -0.1) is 0 Å². The highest BCUT2D eigenvalue weighted by Gasteiger charge is 2.30. The van der Waals surface area contributed by atoms with Crippen LogP contribution in [0.5, 0.6) is 17.2 Å². The summed E-state index contributed by atoms with van der Waals surface area (Å²) in [7, 11) is 3.31. The molecule has 0 radical (unpaired) electrons. The number of ether oxygens (including phenoxy) is 3. The number of hydrogen-bond acceptors (Lipinski definition) is 5. The van der Waals surface area contributed by atoms with E-state index in [4.69, 9.17) is 14.2 Å². The number of piperidine rings is 1. The van der Waals surface area contributed by atoms with Crippen LogP contribution in [-0.2, 0) is 11.3 Å². The van der Waals surface area contributed by atoms with E-state index in [1.54, 1.807) is 28.1 Å². The van der Waals surface area contributed by atoms with Crippen molar-refractivity contribution in [2.75, 3.05) is 33.9 Å². The smallest absolute Gasteiger partial charge is 0.263 e. The Morgan fingerprint density at radius 1 is 0.935 bits per heavy atom. The molecule has 1 saturated heterocycles. The van der Waals surface area contributed by atoms with Gasteiger partial charge in [-0.25, -0.2) is 0 Å². The lowest BCUT2D eigenvalue weighted by Gasteiger charge is -2.33. The zero-order valence-electron chi connectivity index (χ0n) is 19.0. The van der Waals surface area contributed by atoms with Gasteiger partial charge in [0.05, 0.1) is 14.2 Å². The number of rotatable bonds is 9. The van der Waals surface area contributed by atoms with Crippen LogP contribution in [0, 0.1) is 5.92 Å². The lowest BCUT2D eigenvalue weighted by molar-refractivity contribution is -0.134. The average Bonchev–Trinajstić information content (AvgIpc) is 2.79. The second kappa shape index (κ2) is 10.5. The summed E-state index contributed by atoms with van der Waals surface area (Å²) in [4.78, 5) is 15.2. The molecule has 0 spiro atoms. The Labute approximate surface area is 185 Å². The zero-order valence-corrected chi connectivity index (χ0v) is 19.0. The largest absolute Gasteiger partial charge is 0.497 e. The summed E-state index contributed by atoms with van der Waals surface area (Å²) in [6, 6.07) is 15.5. The number of carbonyl (C=O) groups excluding carboxylic acids is 1. The molecule has 6 nitrogen and oxygen atoms in total. The van der Waals surface area contributed by atoms with E-state index >= 15 is 0 Å². The van der Waals surface area contributed by atoms with Crippen molar-refractivity contribution in [1.82, 2.24) is 10.2 Å². The number of benzene rings is 2. The average molecular weight is 427 g/mol. The van der Waals surface area contributed by atoms with Crippen molar-refractivity contribution in [1.29, 1.82) is 0 Å². The number of likely N-dealkylation sites (tertiary alicyclic amines) is 1. The van der Waals surface area contributed by atoms with Gasteiger partial charge in [0.25, 0.3) is 5.91 Å². The first kappa shape index (κ1) is 22.9. The molecule has 168 valence electrons. The Kier molecular flexibility index (Phi) is 7.80. The van der Waals surface area contributed by atoms with Gasteiger partial charge in [0.1, 0.15) is 17.2 Å². The monoisotopic (exact) mass is 426 g/mol. The fraction of sp³-hybridized carbons (Fsp3) is 0.480. The maximum atomic E-state index is 12.7. The minimum absolute atomic E-state index is 0.0935. The number of carbonyl (C=O) groups is 1. The summed E-state index contributed by atoms with van der Waals surface area (Å²) in [6.07, 6.45) is 2.16. The van der Waals surface area contributed by atoms with Crippen molar-refractivity contribution in [3.05, 3.63) is 54.1 Å². The maximum absolute atomic E-state index is 12.7. The van der Waals surface area contributed by atoms with Gasteiger partial charge >= 0.3 is 0 Å². The molecule has 0 atom stereocenters. The molecule has 1 fully saturated rings. The Bertz CT molecular complexity index is 826. The van der Waals surface area contributed by atoms with Crippen molar-refractivity contribution >= 4 is 5.91 Å². The van der Waals surface area contributed by atoms with Crippen LogP contribution in [0.4, 0.5) is 0 Å². The molecule has 0 saturated carbocycles. The van der Waals surface area contributed by atoms with Gasteiger partial charge < -0.3 is 19.5 Å². The van der Waals surface area contributed by atoms with Crippen molar-refractivity contribution < 1.29 is 19.0 Å². The van der Waals surface area contributed by atoms with E-state index in [0.29, 0.717) is 18.2 Å². The van der Waals surface area contributed by atoms with Crippen LogP contribution in [0.3, 0.4) is 0 Å². The highest BCUT2D eigenvalue weighted by Crippen LogP contribution is 2.23. The van der Waals surface area contributed by atoms with Gasteiger partial charge in [0.15, 0.2) is 5.60 Å². The van der Waals surface area contributed by atoms with Gasteiger partial charge in [-0.3, -0.25) is 9.69 Å². The molecule has 1 N–H and O–H groups in total. The van der Waals surface area contributed by atoms with E-state index in [-0.39, 0.29) is 5.91 Å². The molecule has 1 aliphatic heterocycles. The second-order valence-corrected chi connectivity index (χ2v) is 8.57. The second-order valence-electron chi connectivity index (χ2n) is 8.57. The van der Waals surface area contributed by atoms with Crippen LogP contribution in [-0.4, -0.2) is 50.3 Å². The quantitative estimate of drug-likeness (QED) is 0.659. The molecule has 0 unspecified atom stereocenters. The number of hydrogen-bond donors (Lipinski definition) is 1. The first-order chi connectivity index (χ1) is 14.9. The third-order valence-electron chi connectivity index (χ3n) is 5.80. The van der Waals surface area contributed by atoms with E-state index in [1.165, 1.54) is 5.56 Å². The van der Waals surface area contributed by atoms with Crippen molar-refractivity contribution in [2.24, 2.45) is 5.92 Å². The number of nitrogens with zero attached hydrogens (tertiary/aromatic N) is 1. The Morgan fingerprint density at radius 2 is 1.45 bits per heavy atom. The van der Waals surface area contributed by atoms with Crippen LogP contribution >= 0.6 is 0 Å². The molecule has 1 aliphatic rings. The Hall–Kier alpha value is -2.73. The molecule has 0 aromatic heterocycles. The molecule has 2 aromatic carbocycles. The number of amides is 1. The van der Waals surface area contributed by atoms with Crippen LogP contribution < -0.4 is 19.5 Å². The lowest BCUT2D eigenvalue weighted by atomic mass is 9.96. The van der Waals surface area contributed by atoms with Gasteiger partial charge in [-0.05, 0) is 87.7 Å². The molecule has 0 bridgehead atoms. The molecule has 1 amide bonds. The summed E-state index contributed by atoms with van der Waals surface area (Å²) in [5.41, 5.74) is 0.355. The number of nitrogens with one attached hydrogen (secondary N) is 1. The molecule has 3 rings (SSSR count).